The van der Waals surface area contributed by atoms with Gasteiger partial charge in [0.1, 0.15) is 0 Å². The van der Waals surface area contributed by atoms with E-state index < -0.39 is 5.60 Å². The van der Waals surface area contributed by atoms with Crippen LogP contribution in [0.25, 0.3) is 0 Å². The van der Waals surface area contributed by atoms with Gasteiger partial charge in [-0.1, -0.05) is 36.4 Å². The number of hydrogen-bond donors (Lipinski definition) is 1. The van der Waals surface area contributed by atoms with E-state index in [0.29, 0.717) is 0 Å². The summed E-state index contributed by atoms with van der Waals surface area (Å²) in [6, 6.07) is 10.4. The van der Waals surface area contributed by atoms with E-state index in [1.807, 2.05) is 26.8 Å². The average Bonchev–Trinajstić information content (AvgIpc) is 2.26. The monoisotopic (exact) mass is 233 g/mol. The van der Waals surface area contributed by atoms with Crippen LogP contribution < -0.4 is 0 Å². The lowest BCUT2D eigenvalue weighted by Gasteiger charge is -2.20. The third-order valence-corrected chi connectivity index (χ3v) is 2.97. The lowest BCUT2D eigenvalue weighted by Crippen LogP contribution is -2.23. The van der Waals surface area contributed by atoms with E-state index >= 15 is 0 Å². The Morgan fingerprint density at radius 1 is 1.29 bits per heavy atom. The molecule has 94 valence electrons. The first-order chi connectivity index (χ1) is 7.89. The summed E-state index contributed by atoms with van der Waals surface area (Å²) in [4.78, 5) is 2.23. The van der Waals surface area contributed by atoms with Crippen molar-refractivity contribution >= 4 is 0 Å². The van der Waals surface area contributed by atoms with E-state index in [-0.39, 0.29) is 0 Å². The van der Waals surface area contributed by atoms with Crippen LogP contribution in [0.5, 0.6) is 0 Å². The second-order valence-corrected chi connectivity index (χ2v) is 5.13. The van der Waals surface area contributed by atoms with Gasteiger partial charge in [-0.3, -0.25) is 4.90 Å². The van der Waals surface area contributed by atoms with Gasteiger partial charge in [0.25, 0.3) is 0 Å². The van der Waals surface area contributed by atoms with E-state index in [4.69, 9.17) is 0 Å². The molecule has 0 aromatic heterocycles. The Kier molecular flexibility index (Phi) is 4.91. The number of benzene rings is 1. The molecule has 2 nitrogen and oxygen atoms in total. The molecule has 0 saturated heterocycles. The molecule has 1 N–H and O–H groups in total. The molecule has 1 aromatic rings. The fourth-order valence-electron chi connectivity index (χ4n) is 1.50. The van der Waals surface area contributed by atoms with Gasteiger partial charge < -0.3 is 5.11 Å². The maximum Gasteiger partial charge on any atom is 0.0798 e. The zero-order valence-corrected chi connectivity index (χ0v) is 11.3. The van der Waals surface area contributed by atoms with Crippen molar-refractivity contribution in [2.45, 2.75) is 32.9 Å². The predicted molar refractivity (Wildman–Crippen MR) is 72.8 cm³/mol. The van der Waals surface area contributed by atoms with Crippen LogP contribution in [-0.2, 0) is 6.54 Å². The van der Waals surface area contributed by atoms with Crippen molar-refractivity contribution in [2.75, 3.05) is 13.6 Å². The van der Waals surface area contributed by atoms with Gasteiger partial charge in [0, 0.05) is 13.1 Å². The van der Waals surface area contributed by atoms with Crippen molar-refractivity contribution < 1.29 is 5.11 Å². The summed E-state index contributed by atoms with van der Waals surface area (Å²) in [5, 5.41) is 9.80. The van der Waals surface area contributed by atoms with Crippen LogP contribution in [0, 0.1) is 0 Å². The quantitative estimate of drug-likeness (QED) is 0.791. The van der Waals surface area contributed by atoms with E-state index in [9.17, 15) is 5.11 Å². The van der Waals surface area contributed by atoms with Gasteiger partial charge in [-0.25, -0.2) is 0 Å². The molecule has 0 radical (unpaired) electrons. The van der Waals surface area contributed by atoms with Crippen LogP contribution in [-0.4, -0.2) is 29.2 Å². The molecule has 0 atom stereocenters. The SMILES string of the molecule is C/C(=C/CN(C)Cc1ccccc1)C(C)(C)O. The Morgan fingerprint density at radius 2 is 1.88 bits per heavy atom. The fourth-order valence-corrected chi connectivity index (χ4v) is 1.50. The Hall–Kier alpha value is -1.12. The predicted octanol–water partition coefficient (Wildman–Crippen LogP) is 2.84. The van der Waals surface area contributed by atoms with Gasteiger partial charge in [-0.05, 0) is 39.0 Å². The molecule has 1 aromatic carbocycles. The third-order valence-electron chi connectivity index (χ3n) is 2.97. The summed E-state index contributed by atoms with van der Waals surface area (Å²) in [7, 11) is 2.08. The van der Waals surface area contributed by atoms with Crippen LogP contribution in [0.15, 0.2) is 42.0 Å². The minimum atomic E-state index is -0.715. The number of hydrogen-bond acceptors (Lipinski definition) is 2. The standard InChI is InChI=1S/C15H23NO/c1-13(15(2,3)17)10-11-16(4)12-14-8-6-5-7-9-14/h5-10,17H,11-12H2,1-4H3/b13-10-. The molecule has 0 bridgehead atoms. The fraction of sp³-hybridized carbons (Fsp3) is 0.467. The maximum absolute atomic E-state index is 9.80. The van der Waals surface area contributed by atoms with Gasteiger partial charge in [-0.2, -0.15) is 0 Å². The van der Waals surface area contributed by atoms with Crippen LogP contribution in [0.4, 0.5) is 0 Å². The molecule has 2 heteroatoms. The number of likely N-dealkylation sites (N-methyl/N-ethyl adjacent to an activating group) is 1. The van der Waals surface area contributed by atoms with E-state index in [2.05, 4.69) is 42.3 Å². The Balaban J connectivity index is 2.49. The molecule has 0 unspecified atom stereocenters. The molecular formula is C15H23NO. The molecule has 17 heavy (non-hydrogen) atoms. The molecule has 0 saturated carbocycles. The molecular weight excluding hydrogens is 210 g/mol. The first-order valence-electron chi connectivity index (χ1n) is 6.01. The zero-order chi connectivity index (χ0) is 12.9. The molecule has 0 spiro atoms. The van der Waals surface area contributed by atoms with Crippen molar-refractivity contribution in [1.82, 2.24) is 4.90 Å². The molecule has 0 fully saturated rings. The topological polar surface area (TPSA) is 23.5 Å². The molecule has 0 heterocycles. The maximum atomic E-state index is 9.80. The van der Waals surface area contributed by atoms with E-state index in [0.717, 1.165) is 18.7 Å². The summed E-state index contributed by atoms with van der Waals surface area (Å²) in [5.74, 6) is 0. The number of rotatable bonds is 5. The highest BCUT2D eigenvalue weighted by atomic mass is 16.3. The second kappa shape index (κ2) is 5.99. The van der Waals surface area contributed by atoms with Crippen molar-refractivity contribution in [2.24, 2.45) is 0 Å². The zero-order valence-electron chi connectivity index (χ0n) is 11.3. The normalized spacial score (nSPS) is 13.2. The molecule has 0 aliphatic rings. The Labute approximate surface area is 105 Å². The highest BCUT2D eigenvalue weighted by molar-refractivity contribution is 5.15. The van der Waals surface area contributed by atoms with Crippen LogP contribution >= 0.6 is 0 Å². The average molecular weight is 233 g/mol. The summed E-state index contributed by atoms with van der Waals surface area (Å²) in [6.07, 6.45) is 2.09. The van der Waals surface area contributed by atoms with Crippen LogP contribution in [0.2, 0.25) is 0 Å². The van der Waals surface area contributed by atoms with Crippen molar-refractivity contribution in [3.05, 3.63) is 47.5 Å². The van der Waals surface area contributed by atoms with Gasteiger partial charge in [0.05, 0.1) is 5.60 Å². The molecule has 1 rings (SSSR count). The lowest BCUT2D eigenvalue weighted by atomic mass is 10.00. The van der Waals surface area contributed by atoms with Gasteiger partial charge in [-0.15, -0.1) is 0 Å². The second-order valence-electron chi connectivity index (χ2n) is 5.13. The van der Waals surface area contributed by atoms with Gasteiger partial charge in [0.2, 0.25) is 0 Å². The summed E-state index contributed by atoms with van der Waals surface area (Å²) in [5.41, 5.74) is 1.61. The van der Waals surface area contributed by atoms with E-state index in [1.54, 1.807) is 0 Å². The molecule has 0 aliphatic heterocycles. The van der Waals surface area contributed by atoms with Crippen molar-refractivity contribution in [1.29, 1.82) is 0 Å². The lowest BCUT2D eigenvalue weighted by molar-refractivity contribution is 0.119. The van der Waals surface area contributed by atoms with Crippen molar-refractivity contribution in [3.63, 3.8) is 0 Å². The summed E-state index contributed by atoms with van der Waals surface area (Å²) < 4.78 is 0. The molecule has 0 amide bonds. The van der Waals surface area contributed by atoms with Gasteiger partial charge in [0.15, 0.2) is 0 Å². The largest absolute Gasteiger partial charge is 0.386 e. The third kappa shape index (κ3) is 5.16. The highest BCUT2D eigenvalue weighted by Gasteiger charge is 2.14. The minimum absolute atomic E-state index is 0.715. The van der Waals surface area contributed by atoms with Crippen LogP contribution in [0.3, 0.4) is 0 Å². The summed E-state index contributed by atoms with van der Waals surface area (Å²) >= 11 is 0. The summed E-state index contributed by atoms with van der Waals surface area (Å²) in [6.45, 7) is 7.38. The number of nitrogens with zero attached hydrogens (tertiary/aromatic N) is 1. The first kappa shape index (κ1) is 13.9. The van der Waals surface area contributed by atoms with Crippen LogP contribution in [0.1, 0.15) is 26.3 Å². The van der Waals surface area contributed by atoms with Gasteiger partial charge >= 0.3 is 0 Å². The highest BCUT2D eigenvalue weighted by Crippen LogP contribution is 2.14. The Bertz CT molecular complexity index is 362. The number of aliphatic hydroxyl groups is 1. The Morgan fingerprint density at radius 3 is 2.41 bits per heavy atom. The minimum Gasteiger partial charge on any atom is -0.386 e. The first-order valence-corrected chi connectivity index (χ1v) is 6.01. The smallest absolute Gasteiger partial charge is 0.0798 e. The van der Waals surface area contributed by atoms with E-state index in [1.165, 1.54) is 5.56 Å². The van der Waals surface area contributed by atoms with Crippen molar-refractivity contribution in [3.8, 4) is 0 Å². The molecule has 0 aliphatic carbocycles.